The van der Waals surface area contributed by atoms with Crippen molar-refractivity contribution in [2.24, 2.45) is 11.7 Å². The molecule has 19 heavy (non-hydrogen) atoms. The lowest BCUT2D eigenvalue weighted by Crippen LogP contribution is -2.36. The van der Waals surface area contributed by atoms with E-state index in [1.165, 1.54) is 0 Å². The van der Waals surface area contributed by atoms with E-state index >= 15 is 0 Å². The van der Waals surface area contributed by atoms with Crippen LogP contribution in [0.15, 0.2) is 36.5 Å². The van der Waals surface area contributed by atoms with Crippen LogP contribution in [0.2, 0.25) is 0 Å². The van der Waals surface area contributed by atoms with Crippen LogP contribution in [0.5, 0.6) is 0 Å². The Morgan fingerprint density at radius 2 is 1.89 bits per heavy atom. The molecule has 0 saturated heterocycles. The second-order valence-corrected chi connectivity index (χ2v) is 5.00. The molecular weight excluding hydrogens is 234 g/mol. The molecule has 0 fully saturated rings. The molecule has 0 aliphatic heterocycles. The Morgan fingerprint density at radius 3 is 2.63 bits per heavy atom. The van der Waals surface area contributed by atoms with Crippen molar-refractivity contribution >= 4 is 16.6 Å². The molecule has 3 heteroatoms. The van der Waals surface area contributed by atoms with Gasteiger partial charge in [-0.2, -0.15) is 0 Å². The number of fused-ring (bicyclic) bond motifs is 1. The van der Waals surface area contributed by atoms with Gasteiger partial charge in [0.2, 0.25) is 0 Å². The topological polar surface area (TPSA) is 50.9 Å². The summed E-state index contributed by atoms with van der Waals surface area (Å²) in [5.74, 6) is 0.584. The summed E-state index contributed by atoms with van der Waals surface area (Å²) in [6, 6.07) is 10.4. The molecule has 0 spiro atoms. The summed E-state index contributed by atoms with van der Waals surface area (Å²) in [6.07, 6.45) is 4.11. The standard InChI is InChI=1S/C16H23N3/c1-3-12(4-2)14(17)11-19-16-9-10-18-15-8-6-5-7-13(15)16/h5-10,12,14H,3-4,11,17H2,1-2H3,(H,18,19). The zero-order chi connectivity index (χ0) is 13.7. The highest BCUT2D eigenvalue weighted by Gasteiger charge is 2.13. The van der Waals surface area contributed by atoms with Crippen molar-refractivity contribution in [1.29, 1.82) is 0 Å². The van der Waals surface area contributed by atoms with Gasteiger partial charge >= 0.3 is 0 Å². The zero-order valence-electron chi connectivity index (χ0n) is 11.8. The van der Waals surface area contributed by atoms with E-state index in [-0.39, 0.29) is 6.04 Å². The average Bonchev–Trinajstić information content (AvgIpc) is 2.46. The quantitative estimate of drug-likeness (QED) is 0.833. The van der Waals surface area contributed by atoms with Crippen LogP contribution in [0.4, 0.5) is 5.69 Å². The molecule has 0 amide bonds. The van der Waals surface area contributed by atoms with Crippen LogP contribution >= 0.6 is 0 Å². The number of para-hydroxylation sites is 1. The van der Waals surface area contributed by atoms with E-state index < -0.39 is 0 Å². The molecule has 3 nitrogen and oxygen atoms in total. The van der Waals surface area contributed by atoms with Crippen molar-refractivity contribution in [2.45, 2.75) is 32.7 Å². The first kappa shape index (κ1) is 13.8. The summed E-state index contributed by atoms with van der Waals surface area (Å²) in [5.41, 5.74) is 8.39. The van der Waals surface area contributed by atoms with Crippen molar-refractivity contribution in [3.8, 4) is 0 Å². The smallest absolute Gasteiger partial charge is 0.0722 e. The molecule has 0 aliphatic rings. The van der Waals surface area contributed by atoms with Gasteiger partial charge in [0.05, 0.1) is 5.52 Å². The Morgan fingerprint density at radius 1 is 1.16 bits per heavy atom. The maximum absolute atomic E-state index is 6.25. The van der Waals surface area contributed by atoms with Gasteiger partial charge in [0, 0.05) is 29.9 Å². The van der Waals surface area contributed by atoms with Crippen molar-refractivity contribution in [3.05, 3.63) is 36.5 Å². The SMILES string of the molecule is CCC(CC)C(N)CNc1ccnc2ccccc12. The fraction of sp³-hybridized carbons (Fsp3) is 0.438. The number of hydrogen-bond donors (Lipinski definition) is 2. The average molecular weight is 257 g/mol. The number of nitrogens with one attached hydrogen (secondary N) is 1. The van der Waals surface area contributed by atoms with E-state index in [4.69, 9.17) is 5.73 Å². The highest BCUT2D eigenvalue weighted by Crippen LogP contribution is 2.21. The number of anilines is 1. The first-order chi connectivity index (χ1) is 9.26. The van der Waals surface area contributed by atoms with E-state index in [0.29, 0.717) is 5.92 Å². The normalized spacial score (nSPS) is 12.8. The minimum atomic E-state index is 0.196. The lowest BCUT2D eigenvalue weighted by atomic mass is 9.95. The second-order valence-electron chi connectivity index (χ2n) is 5.00. The fourth-order valence-electron chi connectivity index (χ4n) is 2.54. The molecule has 1 atom stereocenters. The number of rotatable bonds is 6. The molecule has 0 bridgehead atoms. The van der Waals surface area contributed by atoms with Gasteiger partial charge in [-0.15, -0.1) is 0 Å². The van der Waals surface area contributed by atoms with Gasteiger partial charge in [-0.3, -0.25) is 4.98 Å². The molecule has 0 saturated carbocycles. The number of aromatic nitrogens is 1. The van der Waals surface area contributed by atoms with Crippen LogP contribution in [-0.2, 0) is 0 Å². The van der Waals surface area contributed by atoms with Gasteiger partial charge in [-0.25, -0.2) is 0 Å². The minimum absolute atomic E-state index is 0.196. The monoisotopic (exact) mass is 257 g/mol. The summed E-state index contributed by atoms with van der Waals surface area (Å²) < 4.78 is 0. The third-order valence-corrected chi connectivity index (χ3v) is 3.83. The van der Waals surface area contributed by atoms with Crippen LogP contribution in [0.25, 0.3) is 10.9 Å². The van der Waals surface area contributed by atoms with Gasteiger partial charge in [0.25, 0.3) is 0 Å². The molecule has 1 heterocycles. The van der Waals surface area contributed by atoms with Crippen LogP contribution in [0, 0.1) is 5.92 Å². The van der Waals surface area contributed by atoms with Crippen molar-refractivity contribution in [2.75, 3.05) is 11.9 Å². The Balaban J connectivity index is 2.09. The van der Waals surface area contributed by atoms with E-state index in [0.717, 1.165) is 36.0 Å². The molecular formula is C16H23N3. The van der Waals surface area contributed by atoms with E-state index in [1.807, 2.05) is 30.5 Å². The van der Waals surface area contributed by atoms with Crippen LogP contribution in [0.3, 0.4) is 0 Å². The molecule has 1 aromatic carbocycles. The number of nitrogens with zero attached hydrogens (tertiary/aromatic N) is 1. The molecule has 3 N–H and O–H groups in total. The predicted octanol–water partition coefficient (Wildman–Crippen LogP) is 3.41. The number of nitrogens with two attached hydrogens (primary N) is 1. The molecule has 0 aliphatic carbocycles. The fourth-order valence-corrected chi connectivity index (χ4v) is 2.54. The number of hydrogen-bond acceptors (Lipinski definition) is 3. The molecule has 102 valence electrons. The third-order valence-electron chi connectivity index (χ3n) is 3.83. The Kier molecular flexibility index (Phi) is 4.74. The largest absolute Gasteiger partial charge is 0.383 e. The summed E-state index contributed by atoms with van der Waals surface area (Å²) >= 11 is 0. The Bertz CT molecular complexity index is 515. The minimum Gasteiger partial charge on any atom is -0.383 e. The Hall–Kier alpha value is -1.61. The van der Waals surface area contributed by atoms with E-state index in [1.54, 1.807) is 0 Å². The molecule has 2 rings (SSSR count). The van der Waals surface area contributed by atoms with Crippen molar-refractivity contribution in [3.63, 3.8) is 0 Å². The lowest BCUT2D eigenvalue weighted by Gasteiger charge is -2.22. The lowest BCUT2D eigenvalue weighted by molar-refractivity contribution is 0.407. The van der Waals surface area contributed by atoms with Gasteiger partial charge in [-0.05, 0) is 18.1 Å². The molecule has 0 radical (unpaired) electrons. The molecule has 1 aromatic heterocycles. The first-order valence-corrected chi connectivity index (χ1v) is 7.09. The highest BCUT2D eigenvalue weighted by molar-refractivity contribution is 5.90. The van der Waals surface area contributed by atoms with Gasteiger partial charge < -0.3 is 11.1 Å². The third kappa shape index (κ3) is 3.24. The maximum Gasteiger partial charge on any atom is 0.0722 e. The van der Waals surface area contributed by atoms with Gasteiger partial charge in [0.1, 0.15) is 0 Å². The van der Waals surface area contributed by atoms with Crippen LogP contribution in [0.1, 0.15) is 26.7 Å². The summed E-state index contributed by atoms with van der Waals surface area (Å²) in [6.45, 7) is 5.21. The first-order valence-electron chi connectivity index (χ1n) is 7.09. The molecule has 2 aromatic rings. The predicted molar refractivity (Wildman–Crippen MR) is 82.3 cm³/mol. The zero-order valence-corrected chi connectivity index (χ0v) is 11.8. The summed E-state index contributed by atoms with van der Waals surface area (Å²) in [4.78, 5) is 4.37. The van der Waals surface area contributed by atoms with Crippen LogP contribution in [-0.4, -0.2) is 17.6 Å². The highest BCUT2D eigenvalue weighted by atomic mass is 14.9. The number of pyridine rings is 1. The Labute approximate surface area is 115 Å². The van der Waals surface area contributed by atoms with Gasteiger partial charge in [0.15, 0.2) is 0 Å². The maximum atomic E-state index is 6.25. The summed E-state index contributed by atoms with van der Waals surface area (Å²) in [5, 5.41) is 4.63. The summed E-state index contributed by atoms with van der Waals surface area (Å²) in [7, 11) is 0. The van der Waals surface area contributed by atoms with Crippen LogP contribution < -0.4 is 11.1 Å². The van der Waals surface area contributed by atoms with E-state index in [2.05, 4.69) is 30.2 Å². The van der Waals surface area contributed by atoms with E-state index in [9.17, 15) is 0 Å². The second kappa shape index (κ2) is 6.53. The number of benzene rings is 1. The van der Waals surface area contributed by atoms with Gasteiger partial charge in [-0.1, -0.05) is 44.9 Å². The van der Waals surface area contributed by atoms with Crippen molar-refractivity contribution < 1.29 is 0 Å². The van der Waals surface area contributed by atoms with Crippen molar-refractivity contribution in [1.82, 2.24) is 4.98 Å². The molecule has 1 unspecified atom stereocenters.